The molecule has 2 unspecified atom stereocenters. The largest absolute Gasteiger partial charge is 0.369 e. The van der Waals surface area contributed by atoms with Crippen LogP contribution >= 0.6 is 0 Å². The summed E-state index contributed by atoms with van der Waals surface area (Å²) in [6.45, 7) is 2.42. The van der Waals surface area contributed by atoms with Crippen LogP contribution in [0.25, 0.3) is 0 Å². The van der Waals surface area contributed by atoms with Gasteiger partial charge in [0, 0.05) is 11.5 Å². The van der Waals surface area contributed by atoms with Gasteiger partial charge in [0.1, 0.15) is 0 Å². The van der Waals surface area contributed by atoms with Crippen molar-refractivity contribution in [1.29, 1.82) is 0 Å². The summed E-state index contributed by atoms with van der Waals surface area (Å²) in [4.78, 5) is 10.8. The Hall–Kier alpha value is -1.35. The number of primary amides is 1. The van der Waals surface area contributed by atoms with Crippen molar-refractivity contribution in [2.75, 3.05) is 6.54 Å². The second-order valence-electron chi connectivity index (χ2n) is 4.50. The highest BCUT2D eigenvalue weighted by Crippen LogP contribution is 2.53. The van der Waals surface area contributed by atoms with Gasteiger partial charge in [0.15, 0.2) is 0 Å². The van der Waals surface area contributed by atoms with Crippen LogP contribution < -0.4 is 11.1 Å². The Labute approximate surface area is 96.0 Å². The van der Waals surface area contributed by atoms with Gasteiger partial charge in [0.05, 0.1) is 6.54 Å². The van der Waals surface area contributed by atoms with Crippen LogP contribution in [0.2, 0.25) is 0 Å². The predicted molar refractivity (Wildman–Crippen MR) is 64.0 cm³/mol. The van der Waals surface area contributed by atoms with Crippen LogP contribution in [0, 0.1) is 0 Å². The Morgan fingerprint density at radius 1 is 1.50 bits per heavy atom. The maximum Gasteiger partial charge on any atom is 0.231 e. The van der Waals surface area contributed by atoms with Crippen molar-refractivity contribution in [3.05, 3.63) is 35.9 Å². The molecule has 0 spiro atoms. The first-order chi connectivity index (χ1) is 7.68. The standard InChI is InChI=1S/C13H18N2O/c1-2-13(15-9-12(14)16)8-11(13)10-6-4-3-5-7-10/h3-7,11,15H,2,8-9H2,1H3,(H2,14,16). The minimum Gasteiger partial charge on any atom is -0.369 e. The van der Waals surface area contributed by atoms with Crippen LogP contribution in [0.5, 0.6) is 0 Å². The van der Waals surface area contributed by atoms with Gasteiger partial charge in [-0.2, -0.15) is 0 Å². The van der Waals surface area contributed by atoms with E-state index in [1.54, 1.807) is 0 Å². The molecule has 1 aromatic rings. The molecule has 2 atom stereocenters. The summed E-state index contributed by atoms with van der Waals surface area (Å²) in [5.41, 5.74) is 6.61. The van der Waals surface area contributed by atoms with Crippen molar-refractivity contribution in [3.8, 4) is 0 Å². The van der Waals surface area contributed by atoms with Gasteiger partial charge in [0.25, 0.3) is 0 Å². The Balaban J connectivity index is 2.03. The first kappa shape index (κ1) is 11.1. The third-order valence-electron chi connectivity index (χ3n) is 3.52. The highest BCUT2D eigenvalue weighted by atomic mass is 16.1. The second-order valence-corrected chi connectivity index (χ2v) is 4.50. The van der Waals surface area contributed by atoms with E-state index in [0.29, 0.717) is 5.92 Å². The fourth-order valence-corrected chi connectivity index (χ4v) is 2.40. The third kappa shape index (κ3) is 2.09. The van der Waals surface area contributed by atoms with Gasteiger partial charge < -0.3 is 11.1 Å². The number of nitrogens with one attached hydrogen (secondary N) is 1. The zero-order valence-electron chi connectivity index (χ0n) is 9.57. The first-order valence-electron chi connectivity index (χ1n) is 5.76. The van der Waals surface area contributed by atoms with Crippen molar-refractivity contribution in [2.24, 2.45) is 5.73 Å². The molecule has 1 aromatic carbocycles. The summed E-state index contributed by atoms with van der Waals surface area (Å²) in [6.07, 6.45) is 2.13. The number of nitrogens with two attached hydrogens (primary N) is 1. The number of rotatable bonds is 5. The van der Waals surface area contributed by atoms with E-state index in [9.17, 15) is 4.79 Å². The van der Waals surface area contributed by atoms with Gasteiger partial charge in [-0.15, -0.1) is 0 Å². The molecular weight excluding hydrogens is 200 g/mol. The molecule has 0 aromatic heterocycles. The van der Waals surface area contributed by atoms with Gasteiger partial charge in [-0.1, -0.05) is 37.3 Å². The number of carbonyl (C=O) groups is 1. The number of hydrogen-bond acceptors (Lipinski definition) is 2. The monoisotopic (exact) mass is 218 g/mol. The van der Waals surface area contributed by atoms with E-state index in [1.165, 1.54) is 5.56 Å². The topological polar surface area (TPSA) is 55.1 Å². The number of benzene rings is 1. The molecule has 1 aliphatic rings. The fourth-order valence-electron chi connectivity index (χ4n) is 2.40. The van der Waals surface area contributed by atoms with Crippen LogP contribution in [0.4, 0.5) is 0 Å². The molecule has 1 fully saturated rings. The molecule has 0 heterocycles. The van der Waals surface area contributed by atoms with Crippen LogP contribution in [0.3, 0.4) is 0 Å². The van der Waals surface area contributed by atoms with Gasteiger partial charge in [0.2, 0.25) is 5.91 Å². The second kappa shape index (κ2) is 4.26. The lowest BCUT2D eigenvalue weighted by atomic mass is 10.0. The Bertz CT molecular complexity index is 377. The highest BCUT2D eigenvalue weighted by Gasteiger charge is 2.52. The van der Waals surface area contributed by atoms with Crippen LogP contribution in [-0.2, 0) is 4.79 Å². The average Bonchev–Trinajstić information content (AvgIpc) is 3.03. The Kier molecular flexibility index (Phi) is 2.97. The summed E-state index contributed by atoms with van der Waals surface area (Å²) in [5.74, 6) is 0.240. The van der Waals surface area contributed by atoms with E-state index in [1.807, 2.05) is 6.07 Å². The fraction of sp³-hybridized carbons (Fsp3) is 0.462. The predicted octanol–water partition coefficient (Wildman–Crippen LogP) is 1.40. The highest BCUT2D eigenvalue weighted by molar-refractivity contribution is 5.76. The maximum absolute atomic E-state index is 10.8. The molecule has 3 N–H and O–H groups in total. The van der Waals surface area contributed by atoms with E-state index in [-0.39, 0.29) is 18.0 Å². The van der Waals surface area contributed by atoms with Crippen molar-refractivity contribution in [1.82, 2.24) is 5.32 Å². The van der Waals surface area contributed by atoms with Crippen LogP contribution in [0.15, 0.2) is 30.3 Å². The molecule has 0 saturated heterocycles. The van der Waals surface area contributed by atoms with Crippen LogP contribution in [-0.4, -0.2) is 18.0 Å². The third-order valence-corrected chi connectivity index (χ3v) is 3.52. The molecule has 0 aliphatic heterocycles. The first-order valence-corrected chi connectivity index (χ1v) is 5.76. The Morgan fingerprint density at radius 3 is 2.75 bits per heavy atom. The van der Waals surface area contributed by atoms with E-state index in [4.69, 9.17) is 5.73 Å². The lowest BCUT2D eigenvalue weighted by Crippen LogP contribution is -2.39. The zero-order valence-corrected chi connectivity index (χ0v) is 9.57. The van der Waals surface area contributed by atoms with Crippen molar-refractivity contribution in [3.63, 3.8) is 0 Å². The molecule has 86 valence electrons. The number of carbonyl (C=O) groups excluding carboxylic acids is 1. The van der Waals surface area contributed by atoms with E-state index < -0.39 is 0 Å². The zero-order chi connectivity index (χ0) is 11.6. The Morgan fingerprint density at radius 2 is 2.19 bits per heavy atom. The number of amides is 1. The molecule has 3 nitrogen and oxygen atoms in total. The lowest BCUT2D eigenvalue weighted by Gasteiger charge is -2.16. The average molecular weight is 218 g/mol. The molecule has 2 rings (SSSR count). The molecule has 1 amide bonds. The van der Waals surface area contributed by atoms with Gasteiger partial charge in [-0.25, -0.2) is 0 Å². The normalized spacial score (nSPS) is 27.7. The summed E-state index contributed by atoms with van der Waals surface area (Å²) in [6, 6.07) is 10.4. The van der Waals surface area contributed by atoms with E-state index in [2.05, 4.69) is 36.5 Å². The molecule has 1 aliphatic carbocycles. The minimum atomic E-state index is -0.286. The summed E-state index contributed by atoms with van der Waals surface area (Å²) in [5, 5.41) is 3.29. The summed E-state index contributed by atoms with van der Waals surface area (Å²) >= 11 is 0. The smallest absolute Gasteiger partial charge is 0.231 e. The van der Waals surface area contributed by atoms with Crippen molar-refractivity contribution >= 4 is 5.91 Å². The van der Waals surface area contributed by atoms with Gasteiger partial charge in [-0.05, 0) is 18.4 Å². The van der Waals surface area contributed by atoms with E-state index in [0.717, 1.165) is 12.8 Å². The molecule has 0 radical (unpaired) electrons. The summed E-state index contributed by atoms with van der Waals surface area (Å²) < 4.78 is 0. The lowest BCUT2D eigenvalue weighted by molar-refractivity contribution is -0.117. The van der Waals surface area contributed by atoms with E-state index >= 15 is 0 Å². The SMILES string of the molecule is CCC1(NCC(N)=O)CC1c1ccccc1. The van der Waals surface area contributed by atoms with Gasteiger partial charge >= 0.3 is 0 Å². The summed E-state index contributed by atoms with van der Waals surface area (Å²) in [7, 11) is 0. The van der Waals surface area contributed by atoms with Gasteiger partial charge in [-0.3, -0.25) is 4.79 Å². The molecular formula is C13H18N2O. The molecule has 16 heavy (non-hydrogen) atoms. The van der Waals surface area contributed by atoms with Crippen LogP contribution in [0.1, 0.15) is 31.2 Å². The minimum absolute atomic E-state index is 0.0936. The number of hydrogen-bond donors (Lipinski definition) is 2. The molecule has 3 heteroatoms. The van der Waals surface area contributed by atoms with Crippen molar-refractivity contribution < 1.29 is 4.79 Å². The quantitative estimate of drug-likeness (QED) is 0.785. The molecule has 1 saturated carbocycles. The maximum atomic E-state index is 10.8. The van der Waals surface area contributed by atoms with Crippen molar-refractivity contribution in [2.45, 2.75) is 31.2 Å². The molecule has 0 bridgehead atoms.